The van der Waals surface area contributed by atoms with Gasteiger partial charge in [-0.05, 0) is 30.4 Å². The van der Waals surface area contributed by atoms with Gasteiger partial charge in [0.05, 0.1) is 13.2 Å². The highest BCUT2D eigenvalue weighted by molar-refractivity contribution is 5.34. The monoisotopic (exact) mass is 341 g/mol. The number of rotatable bonds is 0. The minimum absolute atomic E-state index is 0.136. The molecule has 3 nitrogen and oxygen atoms in total. The Bertz CT molecular complexity index is 645. The van der Waals surface area contributed by atoms with Crippen LogP contribution in [0.2, 0.25) is 0 Å². The van der Waals surface area contributed by atoms with Crippen LogP contribution < -0.4 is 0 Å². The van der Waals surface area contributed by atoms with Gasteiger partial charge < -0.3 is 9.47 Å². The molecule has 0 aromatic heterocycles. The predicted molar refractivity (Wildman–Crippen MR) is 98.4 cm³/mol. The van der Waals surface area contributed by atoms with Gasteiger partial charge in [-0.25, -0.2) is 0 Å². The van der Waals surface area contributed by atoms with Crippen LogP contribution in [0.25, 0.3) is 0 Å². The highest BCUT2D eigenvalue weighted by Gasteiger charge is 2.57. The van der Waals surface area contributed by atoms with Crippen molar-refractivity contribution in [3.63, 3.8) is 0 Å². The lowest BCUT2D eigenvalue weighted by Gasteiger charge is -2.60. The molecule has 1 spiro atoms. The summed E-state index contributed by atoms with van der Waals surface area (Å²) in [7, 11) is 0. The van der Waals surface area contributed by atoms with Crippen molar-refractivity contribution in [3.8, 4) is 0 Å². The smallest absolute Gasteiger partial charge is 0.174 e. The maximum atomic E-state index is 6.61. The van der Waals surface area contributed by atoms with Gasteiger partial charge in [0.15, 0.2) is 5.79 Å². The number of hydrogen-bond acceptors (Lipinski definition) is 3. The van der Waals surface area contributed by atoms with Gasteiger partial charge in [0.1, 0.15) is 0 Å². The lowest BCUT2D eigenvalue weighted by molar-refractivity contribution is -0.353. The molecule has 3 heterocycles. The molecule has 0 radical (unpaired) electrons. The molecule has 3 fully saturated rings. The molecule has 0 amide bonds. The highest BCUT2D eigenvalue weighted by atomic mass is 16.7. The third-order valence-corrected chi connectivity index (χ3v) is 7.07. The van der Waals surface area contributed by atoms with E-state index in [0.717, 1.165) is 19.6 Å². The number of ether oxygens (including phenoxy) is 2. The number of piperidine rings is 1. The van der Waals surface area contributed by atoms with Gasteiger partial charge in [0.25, 0.3) is 0 Å². The molecule has 25 heavy (non-hydrogen) atoms. The fraction of sp³-hybridized carbons (Fsp3) is 0.727. The van der Waals surface area contributed by atoms with Crippen LogP contribution in [0.4, 0.5) is 0 Å². The third kappa shape index (κ3) is 2.58. The Kier molecular flexibility index (Phi) is 3.78. The SMILES string of the molecule is CC1(C)COC2(CC3c4ccccc4CCN3C3CCCCC32)OC1. The van der Waals surface area contributed by atoms with E-state index in [1.54, 1.807) is 0 Å². The van der Waals surface area contributed by atoms with Crippen LogP contribution in [0, 0.1) is 11.3 Å². The molecule has 1 aliphatic carbocycles. The normalized spacial score (nSPS) is 36.3. The van der Waals surface area contributed by atoms with E-state index < -0.39 is 0 Å². The number of benzene rings is 1. The summed E-state index contributed by atoms with van der Waals surface area (Å²) in [6.07, 6.45) is 7.44. The van der Waals surface area contributed by atoms with Crippen molar-refractivity contribution in [2.45, 2.75) is 70.2 Å². The van der Waals surface area contributed by atoms with Crippen molar-refractivity contribution in [1.82, 2.24) is 4.90 Å². The van der Waals surface area contributed by atoms with Crippen LogP contribution in [0.15, 0.2) is 24.3 Å². The van der Waals surface area contributed by atoms with E-state index >= 15 is 0 Å². The quantitative estimate of drug-likeness (QED) is 0.701. The number of hydrogen-bond donors (Lipinski definition) is 0. The molecule has 1 aromatic carbocycles. The summed E-state index contributed by atoms with van der Waals surface area (Å²) in [5, 5.41) is 0. The van der Waals surface area contributed by atoms with E-state index in [-0.39, 0.29) is 11.2 Å². The summed E-state index contributed by atoms with van der Waals surface area (Å²) in [4.78, 5) is 2.81. The van der Waals surface area contributed by atoms with Crippen LogP contribution in [-0.4, -0.2) is 36.5 Å². The molecule has 136 valence electrons. The first-order valence-electron chi connectivity index (χ1n) is 10.2. The lowest BCUT2D eigenvalue weighted by atomic mass is 9.69. The molecule has 5 rings (SSSR count). The molecule has 0 bridgehead atoms. The number of nitrogens with zero attached hydrogens (tertiary/aromatic N) is 1. The van der Waals surface area contributed by atoms with Crippen LogP contribution in [0.1, 0.15) is 63.1 Å². The second kappa shape index (κ2) is 5.80. The van der Waals surface area contributed by atoms with E-state index in [4.69, 9.17) is 9.47 Å². The Balaban J connectivity index is 1.53. The molecular formula is C22H31NO2. The first-order chi connectivity index (χ1) is 12.1. The van der Waals surface area contributed by atoms with Crippen molar-refractivity contribution >= 4 is 0 Å². The molecule has 3 heteroatoms. The molecule has 2 saturated heterocycles. The summed E-state index contributed by atoms with van der Waals surface area (Å²) in [6.45, 7) is 7.35. The average molecular weight is 341 g/mol. The van der Waals surface area contributed by atoms with Crippen LogP contribution in [0.5, 0.6) is 0 Å². The van der Waals surface area contributed by atoms with E-state index in [9.17, 15) is 0 Å². The average Bonchev–Trinajstić information content (AvgIpc) is 2.64. The van der Waals surface area contributed by atoms with Crippen molar-refractivity contribution in [1.29, 1.82) is 0 Å². The largest absolute Gasteiger partial charge is 0.349 e. The van der Waals surface area contributed by atoms with Crippen molar-refractivity contribution in [2.75, 3.05) is 19.8 Å². The van der Waals surface area contributed by atoms with E-state index in [2.05, 4.69) is 43.0 Å². The minimum atomic E-state index is -0.355. The first-order valence-corrected chi connectivity index (χ1v) is 10.2. The molecular weight excluding hydrogens is 310 g/mol. The van der Waals surface area contributed by atoms with Gasteiger partial charge in [0, 0.05) is 36.4 Å². The first kappa shape index (κ1) is 16.3. The highest BCUT2D eigenvalue weighted by Crippen LogP contribution is 2.54. The van der Waals surface area contributed by atoms with Crippen molar-refractivity contribution in [2.24, 2.45) is 11.3 Å². The van der Waals surface area contributed by atoms with E-state index in [0.29, 0.717) is 18.0 Å². The molecule has 3 aliphatic heterocycles. The zero-order valence-corrected chi connectivity index (χ0v) is 15.7. The maximum Gasteiger partial charge on any atom is 0.174 e. The standard InChI is InChI=1S/C22H31NO2/c1-21(2)14-24-22(25-15-21)13-20-17-8-4-3-7-16(17)11-12-23(20)19-10-6-5-9-18(19)22/h3-4,7-8,18-20H,5-6,9-15H2,1-2H3. The van der Waals surface area contributed by atoms with Crippen LogP contribution in [0.3, 0.4) is 0 Å². The Labute approximate surface area is 151 Å². The molecule has 3 unspecified atom stereocenters. The summed E-state index contributed by atoms with van der Waals surface area (Å²) < 4.78 is 13.2. The fourth-order valence-electron chi connectivity index (χ4n) is 5.79. The van der Waals surface area contributed by atoms with Gasteiger partial charge in [0.2, 0.25) is 0 Å². The Morgan fingerprint density at radius 1 is 1.04 bits per heavy atom. The number of fused-ring (bicyclic) bond motifs is 6. The fourth-order valence-corrected chi connectivity index (χ4v) is 5.79. The summed E-state index contributed by atoms with van der Waals surface area (Å²) in [5.41, 5.74) is 3.19. The van der Waals surface area contributed by atoms with Gasteiger partial charge in [-0.1, -0.05) is 51.0 Å². The lowest BCUT2D eigenvalue weighted by Crippen LogP contribution is -2.65. The molecule has 4 aliphatic rings. The van der Waals surface area contributed by atoms with Crippen LogP contribution >= 0.6 is 0 Å². The molecule has 0 N–H and O–H groups in total. The zero-order chi connectivity index (χ0) is 17.1. The van der Waals surface area contributed by atoms with Crippen LogP contribution in [-0.2, 0) is 15.9 Å². The second-order valence-electron chi connectivity index (χ2n) is 9.42. The molecule has 1 aromatic rings. The minimum Gasteiger partial charge on any atom is -0.349 e. The van der Waals surface area contributed by atoms with Crippen molar-refractivity contribution in [3.05, 3.63) is 35.4 Å². The molecule has 1 saturated carbocycles. The second-order valence-corrected chi connectivity index (χ2v) is 9.42. The molecule has 3 atom stereocenters. The van der Waals surface area contributed by atoms with Gasteiger partial charge in [-0.15, -0.1) is 0 Å². The summed E-state index contributed by atoms with van der Waals surface area (Å²) in [6, 6.07) is 10.1. The third-order valence-electron chi connectivity index (χ3n) is 7.07. The van der Waals surface area contributed by atoms with E-state index in [1.807, 2.05) is 0 Å². The Hall–Kier alpha value is -0.900. The Morgan fingerprint density at radius 2 is 1.80 bits per heavy atom. The van der Waals surface area contributed by atoms with Crippen molar-refractivity contribution < 1.29 is 9.47 Å². The zero-order valence-electron chi connectivity index (χ0n) is 15.7. The Morgan fingerprint density at radius 3 is 2.64 bits per heavy atom. The maximum absolute atomic E-state index is 6.61. The topological polar surface area (TPSA) is 21.7 Å². The van der Waals surface area contributed by atoms with Gasteiger partial charge in [-0.3, -0.25) is 4.90 Å². The van der Waals surface area contributed by atoms with Gasteiger partial charge in [-0.2, -0.15) is 0 Å². The van der Waals surface area contributed by atoms with Gasteiger partial charge >= 0.3 is 0 Å². The van der Waals surface area contributed by atoms with E-state index in [1.165, 1.54) is 49.8 Å². The predicted octanol–water partition coefficient (Wildman–Crippen LogP) is 4.32. The summed E-state index contributed by atoms with van der Waals surface area (Å²) in [5.74, 6) is 0.186. The summed E-state index contributed by atoms with van der Waals surface area (Å²) >= 11 is 0.